The summed E-state index contributed by atoms with van der Waals surface area (Å²) >= 11 is 0. The highest BCUT2D eigenvalue weighted by atomic mass is 16.2. The van der Waals surface area contributed by atoms with Crippen molar-refractivity contribution in [2.45, 2.75) is 12.8 Å². The van der Waals surface area contributed by atoms with E-state index in [1.807, 2.05) is 102 Å². The summed E-state index contributed by atoms with van der Waals surface area (Å²) < 4.78 is 1.77. The first-order chi connectivity index (χ1) is 16.2. The molecule has 1 amide bonds. The number of aromatic nitrogens is 2. The van der Waals surface area contributed by atoms with Gasteiger partial charge in [-0.15, -0.1) is 0 Å². The van der Waals surface area contributed by atoms with E-state index >= 15 is 0 Å². The second kappa shape index (κ2) is 9.25. The SMILES string of the molecule is O=C(c1ccccc1)C1CCN(C(=O)c2cn(-c3ccccc3)nc2-c2ccccc2)CC1. The summed E-state index contributed by atoms with van der Waals surface area (Å²) in [5.41, 5.74) is 3.81. The van der Waals surface area contributed by atoms with Crippen LogP contribution >= 0.6 is 0 Å². The fraction of sp³-hybridized carbons (Fsp3) is 0.179. The van der Waals surface area contributed by atoms with Gasteiger partial charge in [-0.3, -0.25) is 9.59 Å². The lowest BCUT2D eigenvalue weighted by Crippen LogP contribution is -2.40. The van der Waals surface area contributed by atoms with Gasteiger partial charge in [-0.05, 0) is 25.0 Å². The Balaban J connectivity index is 1.38. The van der Waals surface area contributed by atoms with Crippen LogP contribution in [0, 0.1) is 5.92 Å². The van der Waals surface area contributed by atoms with Gasteiger partial charge in [-0.25, -0.2) is 4.68 Å². The zero-order chi connectivity index (χ0) is 22.6. The molecule has 5 rings (SSSR count). The van der Waals surface area contributed by atoms with Gasteiger partial charge >= 0.3 is 0 Å². The number of nitrogens with zero attached hydrogens (tertiary/aromatic N) is 3. The van der Waals surface area contributed by atoms with E-state index in [2.05, 4.69) is 0 Å². The molecule has 5 nitrogen and oxygen atoms in total. The zero-order valence-corrected chi connectivity index (χ0v) is 18.3. The van der Waals surface area contributed by atoms with E-state index in [-0.39, 0.29) is 17.6 Å². The molecule has 0 bridgehead atoms. The fourth-order valence-corrected chi connectivity index (χ4v) is 4.41. The molecule has 1 aromatic heterocycles. The number of amides is 1. The van der Waals surface area contributed by atoms with Crippen molar-refractivity contribution in [3.8, 4) is 16.9 Å². The van der Waals surface area contributed by atoms with Crippen molar-refractivity contribution in [3.63, 3.8) is 0 Å². The van der Waals surface area contributed by atoms with E-state index in [4.69, 9.17) is 5.10 Å². The van der Waals surface area contributed by atoms with Crippen molar-refractivity contribution in [1.29, 1.82) is 0 Å². The Kier molecular flexibility index (Phi) is 5.85. The van der Waals surface area contributed by atoms with E-state index in [0.29, 0.717) is 37.2 Å². The summed E-state index contributed by atoms with van der Waals surface area (Å²) in [5.74, 6) is 0.0864. The molecule has 1 fully saturated rings. The van der Waals surface area contributed by atoms with Gasteiger partial charge < -0.3 is 4.90 Å². The highest BCUT2D eigenvalue weighted by Gasteiger charge is 2.30. The maximum Gasteiger partial charge on any atom is 0.257 e. The first-order valence-corrected chi connectivity index (χ1v) is 11.3. The van der Waals surface area contributed by atoms with E-state index in [1.165, 1.54) is 0 Å². The molecule has 0 radical (unpaired) electrons. The number of carbonyl (C=O) groups is 2. The van der Waals surface area contributed by atoms with Crippen LogP contribution in [-0.2, 0) is 0 Å². The van der Waals surface area contributed by atoms with Gasteiger partial charge in [0.15, 0.2) is 5.78 Å². The molecule has 0 N–H and O–H groups in total. The molecule has 4 aromatic rings. The molecular formula is C28H25N3O2. The third-order valence-corrected chi connectivity index (χ3v) is 6.22. The number of hydrogen-bond acceptors (Lipinski definition) is 3. The molecule has 0 unspecified atom stereocenters. The predicted octanol–water partition coefficient (Wildman–Crippen LogP) is 5.27. The molecule has 5 heteroatoms. The van der Waals surface area contributed by atoms with Crippen LogP contribution in [0.4, 0.5) is 0 Å². The predicted molar refractivity (Wildman–Crippen MR) is 128 cm³/mol. The molecule has 0 spiro atoms. The molecule has 3 aromatic carbocycles. The monoisotopic (exact) mass is 435 g/mol. The number of para-hydroxylation sites is 1. The normalized spacial score (nSPS) is 14.2. The molecule has 33 heavy (non-hydrogen) atoms. The Morgan fingerprint density at radius 1 is 0.758 bits per heavy atom. The molecule has 0 atom stereocenters. The summed E-state index contributed by atoms with van der Waals surface area (Å²) in [7, 11) is 0. The van der Waals surface area contributed by atoms with Crippen molar-refractivity contribution < 1.29 is 9.59 Å². The van der Waals surface area contributed by atoms with E-state index in [1.54, 1.807) is 4.68 Å². The van der Waals surface area contributed by atoms with E-state index in [9.17, 15) is 9.59 Å². The third-order valence-electron chi connectivity index (χ3n) is 6.22. The Morgan fingerprint density at radius 2 is 1.33 bits per heavy atom. The van der Waals surface area contributed by atoms with Gasteiger partial charge in [0.2, 0.25) is 0 Å². The lowest BCUT2D eigenvalue weighted by Gasteiger charge is -2.31. The third kappa shape index (κ3) is 4.35. The van der Waals surface area contributed by atoms with Crippen LogP contribution in [0.15, 0.2) is 97.2 Å². The van der Waals surface area contributed by atoms with Crippen LogP contribution in [0.2, 0.25) is 0 Å². The van der Waals surface area contributed by atoms with Crippen LogP contribution in [0.3, 0.4) is 0 Å². The topological polar surface area (TPSA) is 55.2 Å². The maximum atomic E-state index is 13.6. The van der Waals surface area contributed by atoms with Gasteiger partial charge in [0.1, 0.15) is 5.69 Å². The van der Waals surface area contributed by atoms with Gasteiger partial charge in [-0.2, -0.15) is 5.10 Å². The van der Waals surface area contributed by atoms with Crippen molar-refractivity contribution in [1.82, 2.24) is 14.7 Å². The van der Waals surface area contributed by atoms with Gasteiger partial charge in [0, 0.05) is 36.3 Å². The Labute approximate surface area is 193 Å². The van der Waals surface area contributed by atoms with Gasteiger partial charge in [-0.1, -0.05) is 78.9 Å². The first-order valence-electron chi connectivity index (χ1n) is 11.3. The average molecular weight is 436 g/mol. The zero-order valence-electron chi connectivity index (χ0n) is 18.3. The molecule has 0 aliphatic carbocycles. The number of benzene rings is 3. The Hall–Kier alpha value is -3.99. The highest BCUT2D eigenvalue weighted by Crippen LogP contribution is 2.28. The smallest absolute Gasteiger partial charge is 0.257 e. The fourth-order valence-electron chi connectivity index (χ4n) is 4.41. The van der Waals surface area contributed by atoms with Crippen LogP contribution in [-0.4, -0.2) is 39.5 Å². The average Bonchev–Trinajstić information content (AvgIpc) is 3.35. The van der Waals surface area contributed by atoms with Crippen molar-refractivity contribution in [3.05, 3.63) is 108 Å². The Bertz CT molecular complexity index is 1240. The van der Waals surface area contributed by atoms with Crippen molar-refractivity contribution >= 4 is 11.7 Å². The number of likely N-dealkylation sites (tertiary alicyclic amines) is 1. The maximum absolute atomic E-state index is 13.6. The quantitative estimate of drug-likeness (QED) is 0.401. The number of rotatable bonds is 5. The van der Waals surface area contributed by atoms with Crippen LogP contribution < -0.4 is 0 Å². The van der Waals surface area contributed by atoms with Crippen LogP contribution in [0.25, 0.3) is 16.9 Å². The Morgan fingerprint density at radius 3 is 1.97 bits per heavy atom. The van der Waals surface area contributed by atoms with Gasteiger partial charge in [0.25, 0.3) is 5.91 Å². The van der Waals surface area contributed by atoms with Crippen molar-refractivity contribution in [2.24, 2.45) is 5.92 Å². The largest absolute Gasteiger partial charge is 0.338 e. The molecule has 1 aliphatic rings. The van der Waals surface area contributed by atoms with Crippen molar-refractivity contribution in [2.75, 3.05) is 13.1 Å². The van der Waals surface area contributed by atoms with E-state index in [0.717, 1.165) is 16.8 Å². The molecule has 2 heterocycles. The molecular weight excluding hydrogens is 410 g/mol. The number of hydrogen-bond donors (Lipinski definition) is 0. The minimum atomic E-state index is -0.0444. The second-order valence-electron chi connectivity index (χ2n) is 8.33. The summed E-state index contributed by atoms with van der Waals surface area (Å²) in [6.07, 6.45) is 3.17. The van der Waals surface area contributed by atoms with Crippen LogP contribution in [0.5, 0.6) is 0 Å². The first kappa shape index (κ1) is 20.9. The standard InChI is InChI=1S/C28H25N3O2/c32-27(22-12-6-2-7-13-22)23-16-18-30(19-17-23)28(33)25-20-31(24-14-8-3-9-15-24)29-26(25)21-10-4-1-5-11-21/h1-15,20,23H,16-19H2. The molecule has 0 saturated carbocycles. The summed E-state index contributed by atoms with van der Waals surface area (Å²) in [6.45, 7) is 1.12. The molecule has 1 aliphatic heterocycles. The van der Waals surface area contributed by atoms with E-state index < -0.39 is 0 Å². The van der Waals surface area contributed by atoms with Gasteiger partial charge in [0.05, 0.1) is 11.3 Å². The minimum absolute atomic E-state index is 0.0401. The second-order valence-corrected chi connectivity index (χ2v) is 8.33. The summed E-state index contributed by atoms with van der Waals surface area (Å²) in [6, 6.07) is 29.0. The molecule has 1 saturated heterocycles. The van der Waals surface area contributed by atoms with Crippen LogP contribution in [0.1, 0.15) is 33.6 Å². The lowest BCUT2D eigenvalue weighted by molar-refractivity contribution is 0.0651. The number of piperidine rings is 1. The lowest BCUT2D eigenvalue weighted by atomic mass is 9.88. The summed E-state index contributed by atoms with van der Waals surface area (Å²) in [4.78, 5) is 28.3. The number of ketones is 1. The summed E-state index contributed by atoms with van der Waals surface area (Å²) in [5, 5.41) is 4.76. The molecule has 164 valence electrons. The highest BCUT2D eigenvalue weighted by molar-refractivity contribution is 6.01. The number of carbonyl (C=O) groups excluding carboxylic acids is 2. The minimum Gasteiger partial charge on any atom is -0.338 e. The number of Topliss-reactive ketones (excluding diaryl/α,β-unsaturated/α-hetero) is 1.